The second kappa shape index (κ2) is 6.53. The molecule has 0 radical (unpaired) electrons. The van der Waals surface area contributed by atoms with E-state index in [4.69, 9.17) is 4.74 Å². The zero-order valence-corrected chi connectivity index (χ0v) is 12.2. The molecule has 1 heterocycles. The molecule has 2 aromatic rings. The fraction of sp³-hybridized carbons (Fsp3) is 0.214. The summed E-state index contributed by atoms with van der Waals surface area (Å²) in [6.07, 6.45) is 2.10. The van der Waals surface area contributed by atoms with Crippen molar-refractivity contribution >= 4 is 15.7 Å². The summed E-state index contributed by atoms with van der Waals surface area (Å²) in [6, 6.07) is 8.74. The van der Waals surface area contributed by atoms with Crippen LogP contribution in [-0.2, 0) is 10.0 Å². The second-order valence-corrected chi connectivity index (χ2v) is 5.87. The molecule has 0 bridgehead atoms. The van der Waals surface area contributed by atoms with Crippen LogP contribution < -0.4 is 9.46 Å². The summed E-state index contributed by atoms with van der Waals surface area (Å²) in [4.78, 5) is 3.55. The van der Waals surface area contributed by atoms with Crippen LogP contribution in [0.25, 0.3) is 0 Å². The van der Waals surface area contributed by atoms with Gasteiger partial charge in [0.2, 0.25) is 5.03 Å². The van der Waals surface area contributed by atoms with Crippen LogP contribution in [0.1, 0.15) is 13.3 Å². The highest BCUT2D eigenvalue weighted by molar-refractivity contribution is 7.92. The van der Waals surface area contributed by atoms with Gasteiger partial charge in [-0.1, -0.05) is 6.92 Å². The van der Waals surface area contributed by atoms with Gasteiger partial charge in [0, 0.05) is 11.9 Å². The highest BCUT2D eigenvalue weighted by Crippen LogP contribution is 2.19. The van der Waals surface area contributed by atoms with Crippen LogP contribution in [0.4, 0.5) is 10.1 Å². The predicted octanol–water partition coefficient (Wildman–Crippen LogP) is 2.81. The maximum absolute atomic E-state index is 13.5. The monoisotopic (exact) mass is 310 g/mol. The van der Waals surface area contributed by atoms with E-state index in [0.29, 0.717) is 18.0 Å². The number of pyridine rings is 1. The van der Waals surface area contributed by atoms with Gasteiger partial charge in [-0.3, -0.25) is 4.72 Å². The van der Waals surface area contributed by atoms with Crippen LogP contribution in [0.15, 0.2) is 47.6 Å². The fourth-order valence-electron chi connectivity index (χ4n) is 1.61. The van der Waals surface area contributed by atoms with Crippen molar-refractivity contribution in [1.82, 2.24) is 4.98 Å². The Bertz CT molecular complexity index is 702. The first-order valence-corrected chi connectivity index (χ1v) is 7.87. The number of hydrogen-bond donors (Lipinski definition) is 1. The number of halogens is 1. The van der Waals surface area contributed by atoms with Crippen LogP contribution in [0.5, 0.6) is 5.75 Å². The van der Waals surface area contributed by atoms with Crippen molar-refractivity contribution in [1.29, 1.82) is 0 Å². The first-order chi connectivity index (χ1) is 10.0. The Labute approximate surface area is 122 Å². The Morgan fingerprint density at radius 2 is 1.95 bits per heavy atom. The average molecular weight is 310 g/mol. The van der Waals surface area contributed by atoms with E-state index in [1.807, 2.05) is 6.92 Å². The molecule has 21 heavy (non-hydrogen) atoms. The zero-order valence-electron chi connectivity index (χ0n) is 11.4. The number of nitrogens with zero attached hydrogens (tertiary/aromatic N) is 1. The molecule has 112 valence electrons. The quantitative estimate of drug-likeness (QED) is 0.891. The van der Waals surface area contributed by atoms with E-state index in [1.54, 1.807) is 24.3 Å². The highest BCUT2D eigenvalue weighted by atomic mass is 32.2. The van der Waals surface area contributed by atoms with E-state index < -0.39 is 20.9 Å². The van der Waals surface area contributed by atoms with Crippen LogP contribution in [0, 0.1) is 5.82 Å². The van der Waals surface area contributed by atoms with Gasteiger partial charge in [0.1, 0.15) is 5.75 Å². The lowest BCUT2D eigenvalue weighted by molar-refractivity contribution is 0.317. The van der Waals surface area contributed by atoms with Crippen LogP contribution in [0.3, 0.4) is 0 Å². The molecule has 0 spiro atoms. The minimum atomic E-state index is -4.05. The Balaban J connectivity index is 2.16. The lowest BCUT2D eigenvalue weighted by atomic mass is 10.3. The molecule has 0 saturated heterocycles. The van der Waals surface area contributed by atoms with Crippen molar-refractivity contribution in [2.45, 2.75) is 18.4 Å². The molecule has 0 aliphatic rings. The fourth-order valence-corrected chi connectivity index (χ4v) is 2.68. The van der Waals surface area contributed by atoms with Gasteiger partial charge in [-0.25, -0.2) is 9.37 Å². The first-order valence-electron chi connectivity index (χ1n) is 6.39. The van der Waals surface area contributed by atoms with Crippen LogP contribution in [0.2, 0.25) is 0 Å². The molecule has 0 fully saturated rings. The van der Waals surface area contributed by atoms with E-state index in [9.17, 15) is 12.8 Å². The number of aromatic nitrogens is 1. The van der Waals surface area contributed by atoms with Gasteiger partial charge in [-0.15, -0.1) is 0 Å². The molecular weight excluding hydrogens is 295 g/mol. The molecule has 0 unspecified atom stereocenters. The maximum Gasteiger partial charge on any atom is 0.282 e. The topological polar surface area (TPSA) is 68.3 Å². The summed E-state index contributed by atoms with van der Waals surface area (Å²) in [6.45, 7) is 2.58. The Morgan fingerprint density at radius 1 is 1.24 bits per heavy atom. The molecule has 1 aromatic heterocycles. The van der Waals surface area contributed by atoms with Gasteiger partial charge < -0.3 is 4.74 Å². The Morgan fingerprint density at radius 3 is 2.57 bits per heavy atom. The summed E-state index contributed by atoms with van der Waals surface area (Å²) in [5.74, 6) is -0.253. The normalized spacial score (nSPS) is 11.1. The van der Waals surface area contributed by atoms with Gasteiger partial charge in [-0.2, -0.15) is 8.42 Å². The molecule has 0 atom stereocenters. The molecule has 0 aliphatic carbocycles. The molecule has 0 aliphatic heterocycles. The highest BCUT2D eigenvalue weighted by Gasteiger charge is 2.20. The number of benzene rings is 1. The molecule has 2 rings (SSSR count). The minimum absolute atomic E-state index is 0.309. The predicted molar refractivity (Wildman–Crippen MR) is 77.2 cm³/mol. The number of sulfonamides is 1. The number of anilines is 1. The average Bonchev–Trinajstić information content (AvgIpc) is 2.46. The largest absolute Gasteiger partial charge is 0.494 e. The Hall–Kier alpha value is -2.15. The number of hydrogen-bond acceptors (Lipinski definition) is 4. The third-order valence-electron chi connectivity index (χ3n) is 2.56. The number of nitrogens with one attached hydrogen (secondary N) is 1. The van der Waals surface area contributed by atoms with Crippen molar-refractivity contribution in [3.63, 3.8) is 0 Å². The van der Waals surface area contributed by atoms with Crippen LogP contribution in [-0.4, -0.2) is 20.0 Å². The van der Waals surface area contributed by atoms with Gasteiger partial charge >= 0.3 is 0 Å². The Kier molecular flexibility index (Phi) is 4.74. The SMILES string of the molecule is CCCOc1ccc(NS(=O)(=O)c2ncccc2F)cc1. The minimum Gasteiger partial charge on any atom is -0.494 e. The van der Waals surface area contributed by atoms with E-state index in [1.165, 1.54) is 12.3 Å². The van der Waals surface area contributed by atoms with Crippen LogP contribution >= 0.6 is 0 Å². The van der Waals surface area contributed by atoms with Gasteiger partial charge in [0.25, 0.3) is 10.0 Å². The van der Waals surface area contributed by atoms with E-state index in [-0.39, 0.29) is 0 Å². The van der Waals surface area contributed by atoms with Crippen molar-refractivity contribution in [2.75, 3.05) is 11.3 Å². The number of rotatable bonds is 6. The third kappa shape index (κ3) is 3.91. The standard InChI is InChI=1S/C14H15FN2O3S/c1-2-10-20-12-7-5-11(6-8-12)17-21(18,19)14-13(15)4-3-9-16-14/h3-9,17H,2,10H2,1H3. The molecule has 0 saturated carbocycles. The zero-order chi connectivity index (χ0) is 15.3. The van der Waals surface area contributed by atoms with E-state index in [0.717, 1.165) is 12.5 Å². The molecule has 1 N–H and O–H groups in total. The van der Waals surface area contributed by atoms with Crippen molar-refractivity contribution in [3.05, 3.63) is 48.4 Å². The van der Waals surface area contributed by atoms with Gasteiger partial charge in [0.15, 0.2) is 5.82 Å². The first kappa shape index (κ1) is 15.2. The summed E-state index contributed by atoms with van der Waals surface area (Å²) in [7, 11) is -4.05. The summed E-state index contributed by atoms with van der Waals surface area (Å²) >= 11 is 0. The lowest BCUT2D eigenvalue weighted by Gasteiger charge is -2.09. The number of ether oxygens (including phenoxy) is 1. The second-order valence-electron chi connectivity index (χ2n) is 4.27. The lowest BCUT2D eigenvalue weighted by Crippen LogP contribution is -2.16. The van der Waals surface area contributed by atoms with E-state index in [2.05, 4.69) is 9.71 Å². The van der Waals surface area contributed by atoms with Gasteiger partial charge in [0.05, 0.1) is 6.61 Å². The third-order valence-corrected chi connectivity index (χ3v) is 3.87. The molecule has 5 nitrogen and oxygen atoms in total. The maximum atomic E-state index is 13.5. The summed E-state index contributed by atoms with van der Waals surface area (Å²) in [5, 5.41) is -0.628. The molecule has 7 heteroatoms. The molecule has 1 aromatic carbocycles. The molecular formula is C14H15FN2O3S. The van der Waals surface area contributed by atoms with Crippen molar-refractivity contribution in [3.8, 4) is 5.75 Å². The van der Waals surface area contributed by atoms with Gasteiger partial charge in [-0.05, 0) is 42.8 Å². The molecule has 0 amide bonds. The van der Waals surface area contributed by atoms with E-state index >= 15 is 0 Å². The van der Waals surface area contributed by atoms with Crippen molar-refractivity contribution < 1.29 is 17.5 Å². The summed E-state index contributed by atoms with van der Waals surface area (Å²) < 4.78 is 45.2. The summed E-state index contributed by atoms with van der Waals surface area (Å²) in [5.41, 5.74) is 0.309. The smallest absolute Gasteiger partial charge is 0.282 e. The van der Waals surface area contributed by atoms with Crippen molar-refractivity contribution in [2.24, 2.45) is 0 Å².